The molecule has 1 rings (SSSR count). The number of hydrogen-bond acceptors (Lipinski definition) is 4. The molecule has 0 amide bonds. The van der Waals surface area contributed by atoms with Gasteiger partial charge in [0.25, 0.3) is 0 Å². The second-order valence-electron chi connectivity index (χ2n) is 4.27. The molecule has 16 heavy (non-hydrogen) atoms. The summed E-state index contributed by atoms with van der Waals surface area (Å²) in [6, 6.07) is -0.219. The maximum absolute atomic E-state index is 11.8. The topological polar surface area (TPSA) is 46.2 Å². The minimum absolute atomic E-state index is 0.219. The molecule has 1 atom stereocenters. The molecular weight excluding hydrogens is 310 g/mol. The van der Waals surface area contributed by atoms with Crippen LogP contribution in [0, 0.1) is 0 Å². The molecule has 92 valence electrons. The Morgan fingerprint density at radius 3 is 2.31 bits per heavy atom. The molecule has 1 unspecified atom stereocenters. The molecule has 0 aliphatic heterocycles. The fourth-order valence-electron chi connectivity index (χ4n) is 1.59. The maximum atomic E-state index is 11.8. The quantitative estimate of drug-likeness (QED) is 0.925. The van der Waals surface area contributed by atoms with E-state index in [0.29, 0.717) is 0 Å². The molecule has 1 aromatic heterocycles. The first-order valence-electron chi connectivity index (χ1n) is 4.80. The van der Waals surface area contributed by atoms with E-state index >= 15 is 0 Å². The largest absolute Gasteiger partial charge is 0.312 e. The van der Waals surface area contributed by atoms with E-state index in [4.69, 9.17) is 0 Å². The zero-order valence-electron chi connectivity index (χ0n) is 9.74. The van der Waals surface area contributed by atoms with E-state index in [-0.39, 0.29) is 6.04 Å². The van der Waals surface area contributed by atoms with Crippen molar-refractivity contribution in [2.45, 2.75) is 24.6 Å². The molecule has 1 N–H and O–H groups in total. The summed E-state index contributed by atoms with van der Waals surface area (Å²) in [5.74, 6) is 0. The number of halogens is 1. The van der Waals surface area contributed by atoms with Crippen molar-refractivity contribution in [3.05, 3.63) is 20.8 Å². The summed E-state index contributed by atoms with van der Waals surface area (Å²) in [5, 5.41) is 7.02. The average Bonchev–Trinajstić information content (AvgIpc) is 2.51. The second kappa shape index (κ2) is 4.76. The maximum Gasteiger partial charge on any atom is 0.154 e. The van der Waals surface area contributed by atoms with Crippen LogP contribution in [0.3, 0.4) is 0 Å². The Morgan fingerprint density at radius 2 is 2.00 bits per heavy atom. The number of nitrogens with one attached hydrogen (secondary N) is 1. The number of rotatable bonds is 4. The first-order chi connectivity index (χ1) is 7.21. The lowest BCUT2D eigenvalue weighted by Crippen LogP contribution is -2.43. The van der Waals surface area contributed by atoms with Gasteiger partial charge in [0.2, 0.25) is 0 Å². The zero-order chi connectivity index (χ0) is 12.6. The Hall–Kier alpha value is 0.0900. The summed E-state index contributed by atoms with van der Waals surface area (Å²) < 4.78 is 23.7. The standard InChI is InChI=1S/C10H16BrNO2S2/c1-10(2,16(4,13)14)9(12-3)7-5-15-6-8(7)11/h5-6,9,12H,1-4H3. The Balaban J connectivity index is 3.24. The van der Waals surface area contributed by atoms with Gasteiger partial charge in [-0.1, -0.05) is 0 Å². The predicted octanol–water partition coefficient (Wildman–Crippen LogP) is 2.59. The molecule has 0 aromatic carbocycles. The van der Waals surface area contributed by atoms with Gasteiger partial charge >= 0.3 is 0 Å². The summed E-state index contributed by atoms with van der Waals surface area (Å²) in [6.07, 6.45) is 1.28. The van der Waals surface area contributed by atoms with E-state index in [2.05, 4.69) is 21.2 Å². The van der Waals surface area contributed by atoms with E-state index in [9.17, 15) is 8.42 Å². The first-order valence-corrected chi connectivity index (χ1v) is 8.43. The highest BCUT2D eigenvalue weighted by Gasteiger charge is 2.40. The highest BCUT2D eigenvalue weighted by molar-refractivity contribution is 9.10. The van der Waals surface area contributed by atoms with E-state index in [1.165, 1.54) is 6.26 Å². The number of hydrogen-bond donors (Lipinski definition) is 1. The van der Waals surface area contributed by atoms with Crippen molar-refractivity contribution in [3.63, 3.8) is 0 Å². The summed E-state index contributed by atoms with van der Waals surface area (Å²) in [5.41, 5.74) is 0.989. The van der Waals surface area contributed by atoms with E-state index in [0.717, 1.165) is 10.0 Å². The van der Waals surface area contributed by atoms with Crippen molar-refractivity contribution in [1.82, 2.24) is 5.32 Å². The molecule has 1 aromatic rings. The van der Waals surface area contributed by atoms with Crippen LogP contribution in [0.5, 0.6) is 0 Å². The van der Waals surface area contributed by atoms with Crippen molar-refractivity contribution in [1.29, 1.82) is 0 Å². The fourth-order valence-corrected chi connectivity index (χ4v) is 3.81. The molecule has 0 bridgehead atoms. The van der Waals surface area contributed by atoms with Crippen LogP contribution in [0.4, 0.5) is 0 Å². The van der Waals surface area contributed by atoms with E-state index < -0.39 is 14.6 Å². The molecule has 0 spiro atoms. The lowest BCUT2D eigenvalue weighted by molar-refractivity contribution is 0.446. The van der Waals surface area contributed by atoms with Gasteiger partial charge in [-0.3, -0.25) is 0 Å². The highest BCUT2D eigenvalue weighted by atomic mass is 79.9. The third-order valence-corrected chi connectivity index (χ3v) is 6.79. The second-order valence-corrected chi connectivity index (χ2v) is 8.47. The lowest BCUT2D eigenvalue weighted by atomic mass is 9.98. The van der Waals surface area contributed by atoms with Crippen LogP contribution in [0.1, 0.15) is 25.5 Å². The van der Waals surface area contributed by atoms with Gasteiger partial charge in [0.05, 0.1) is 10.8 Å². The summed E-state index contributed by atoms with van der Waals surface area (Å²) in [4.78, 5) is 0. The van der Waals surface area contributed by atoms with Gasteiger partial charge in [-0.15, -0.1) is 0 Å². The lowest BCUT2D eigenvalue weighted by Gasteiger charge is -2.32. The van der Waals surface area contributed by atoms with Crippen LogP contribution in [0.2, 0.25) is 0 Å². The molecular formula is C10H16BrNO2S2. The molecule has 3 nitrogen and oxygen atoms in total. The van der Waals surface area contributed by atoms with Crippen molar-refractivity contribution < 1.29 is 8.42 Å². The van der Waals surface area contributed by atoms with Gasteiger partial charge < -0.3 is 5.32 Å². The Kier molecular flexibility index (Phi) is 4.21. The Labute approximate surface area is 109 Å². The van der Waals surface area contributed by atoms with Crippen molar-refractivity contribution in [3.8, 4) is 0 Å². The SMILES string of the molecule is CNC(c1cscc1Br)C(C)(C)S(C)(=O)=O. The smallest absolute Gasteiger partial charge is 0.154 e. The van der Waals surface area contributed by atoms with Crippen LogP contribution in [-0.4, -0.2) is 26.5 Å². The number of sulfone groups is 1. The van der Waals surface area contributed by atoms with E-state index in [1.807, 2.05) is 10.8 Å². The normalized spacial score (nSPS) is 15.1. The minimum Gasteiger partial charge on any atom is -0.312 e. The molecule has 6 heteroatoms. The zero-order valence-corrected chi connectivity index (χ0v) is 13.0. The van der Waals surface area contributed by atoms with Gasteiger partial charge in [0.1, 0.15) is 0 Å². The van der Waals surface area contributed by atoms with Crippen LogP contribution >= 0.6 is 27.3 Å². The Bertz CT molecular complexity index is 465. The molecule has 0 radical (unpaired) electrons. The third-order valence-electron chi connectivity index (χ3n) is 2.89. The third kappa shape index (κ3) is 2.50. The number of thiophene rings is 1. The minimum atomic E-state index is -3.14. The molecule has 0 aliphatic rings. The van der Waals surface area contributed by atoms with Gasteiger partial charge in [0, 0.05) is 16.1 Å². The van der Waals surface area contributed by atoms with Crippen molar-refractivity contribution in [2.24, 2.45) is 0 Å². The van der Waals surface area contributed by atoms with Gasteiger partial charge in [-0.05, 0) is 47.8 Å². The highest BCUT2D eigenvalue weighted by Crippen LogP contribution is 2.37. The van der Waals surface area contributed by atoms with Crippen LogP contribution < -0.4 is 5.32 Å². The van der Waals surface area contributed by atoms with Crippen molar-refractivity contribution >= 4 is 37.1 Å². The summed E-state index contributed by atoms with van der Waals surface area (Å²) >= 11 is 5.00. The monoisotopic (exact) mass is 325 g/mol. The molecule has 0 saturated carbocycles. The molecule has 0 saturated heterocycles. The van der Waals surface area contributed by atoms with Crippen LogP contribution in [-0.2, 0) is 9.84 Å². The molecule has 0 aliphatic carbocycles. The van der Waals surface area contributed by atoms with Gasteiger partial charge in [-0.25, -0.2) is 8.42 Å². The van der Waals surface area contributed by atoms with Gasteiger partial charge in [0.15, 0.2) is 9.84 Å². The molecule has 1 heterocycles. The van der Waals surface area contributed by atoms with Crippen molar-refractivity contribution in [2.75, 3.05) is 13.3 Å². The Morgan fingerprint density at radius 1 is 1.44 bits per heavy atom. The van der Waals surface area contributed by atoms with Crippen LogP contribution in [0.25, 0.3) is 0 Å². The first kappa shape index (κ1) is 14.2. The predicted molar refractivity (Wildman–Crippen MR) is 72.7 cm³/mol. The fraction of sp³-hybridized carbons (Fsp3) is 0.600. The molecule has 0 fully saturated rings. The summed E-state index contributed by atoms with van der Waals surface area (Å²) in [7, 11) is -1.36. The van der Waals surface area contributed by atoms with Gasteiger partial charge in [-0.2, -0.15) is 11.3 Å². The van der Waals surface area contributed by atoms with E-state index in [1.54, 1.807) is 32.2 Å². The average molecular weight is 326 g/mol. The summed E-state index contributed by atoms with van der Waals surface area (Å²) in [6.45, 7) is 3.49. The van der Waals surface area contributed by atoms with Crippen LogP contribution in [0.15, 0.2) is 15.2 Å².